The van der Waals surface area contributed by atoms with Crippen LogP contribution in [0.15, 0.2) is 73.9 Å². The van der Waals surface area contributed by atoms with Gasteiger partial charge >= 0.3 is 0 Å². The molecule has 0 amide bonds. The van der Waals surface area contributed by atoms with E-state index in [1.54, 1.807) is 30.4 Å². The number of rotatable bonds is 18. The van der Waals surface area contributed by atoms with Crippen LogP contribution < -0.4 is 4.74 Å². The largest absolute Gasteiger partial charge is 0.490 e. The number of hydrogen-bond donors (Lipinski definition) is 0. The van der Waals surface area contributed by atoms with Gasteiger partial charge in [0, 0.05) is 5.56 Å². The Kier molecular flexibility index (Phi) is 14.7. The molecule has 1 heterocycles. The lowest BCUT2D eigenvalue weighted by Crippen LogP contribution is -2.20. The van der Waals surface area contributed by atoms with Crippen LogP contribution in [0.4, 0.5) is 13.2 Å². The van der Waals surface area contributed by atoms with Crippen molar-refractivity contribution in [3.05, 3.63) is 108 Å². The summed E-state index contributed by atoms with van der Waals surface area (Å²) in [6.45, 7) is 10.7. The molecule has 0 bridgehead atoms. The highest BCUT2D eigenvalue weighted by atomic mass is 19.2. The minimum atomic E-state index is -1.00. The van der Waals surface area contributed by atoms with E-state index >= 15 is 4.39 Å². The molecule has 0 aromatic heterocycles. The normalized spacial score (nSPS) is 17.5. The highest BCUT2D eigenvalue weighted by Gasteiger charge is 2.23. The Hall–Kier alpha value is -3.05. The van der Waals surface area contributed by atoms with Crippen LogP contribution in [-0.4, -0.2) is 13.2 Å². The summed E-state index contributed by atoms with van der Waals surface area (Å²) in [6.07, 6.45) is 20.5. The fraction of sp³-hybridized carbons (Fsp3) is 0.459. The molecule has 2 atom stereocenters. The van der Waals surface area contributed by atoms with Crippen LogP contribution in [0, 0.1) is 23.4 Å². The third kappa shape index (κ3) is 10.3. The van der Waals surface area contributed by atoms with E-state index in [9.17, 15) is 8.78 Å². The van der Waals surface area contributed by atoms with Gasteiger partial charge in [-0.25, -0.2) is 8.78 Å². The van der Waals surface area contributed by atoms with Crippen LogP contribution in [0.1, 0.15) is 100 Å². The summed E-state index contributed by atoms with van der Waals surface area (Å²) in [4.78, 5) is 0. The zero-order valence-corrected chi connectivity index (χ0v) is 25.2. The van der Waals surface area contributed by atoms with Crippen molar-refractivity contribution in [1.82, 2.24) is 0 Å². The van der Waals surface area contributed by atoms with Gasteiger partial charge in [0.1, 0.15) is 5.82 Å². The summed E-state index contributed by atoms with van der Waals surface area (Å²) >= 11 is 0. The molecule has 1 saturated heterocycles. The van der Waals surface area contributed by atoms with Gasteiger partial charge in [0.25, 0.3) is 0 Å². The summed E-state index contributed by atoms with van der Waals surface area (Å²) < 4.78 is 56.4. The fourth-order valence-electron chi connectivity index (χ4n) is 5.36. The van der Waals surface area contributed by atoms with Gasteiger partial charge in [-0.05, 0) is 79.3 Å². The highest BCUT2D eigenvalue weighted by Crippen LogP contribution is 2.33. The molecule has 0 N–H and O–H groups in total. The first kappa shape index (κ1) is 33.5. The summed E-state index contributed by atoms with van der Waals surface area (Å²) in [6, 6.07) is 8.23. The molecular weight excluding hydrogens is 533 g/mol. The van der Waals surface area contributed by atoms with Gasteiger partial charge in [0.15, 0.2) is 11.6 Å². The van der Waals surface area contributed by atoms with Crippen molar-refractivity contribution in [1.29, 1.82) is 0 Å². The van der Waals surface area contributed by atoms with E-state index in [-0.39, 0.29) is 23.2 Å². The number of allylic oxidation sites excluding steroid dienone is 6. The first-order chi connectivity index (χ1) is 20.5. The topological polar surface area (TPSA) is 18.5 Å². The van der Waals surface area contributed by atoms with Crippen LogP contribution >= 0.6 is 0 Å². The predicted molar refractivity (Wildman–Crippen MR) is 168 cm³/mol. The van der Waals surface area contributed by atoms with E-state index in [2.05, 4.69) is 20.1 Å². The number of benzene rings is 2. The lowest BCUT2D eigenvalue weighted by molar-refractivity contribution is -0.0192. The van der Waals surface area contributed by atoms with E-state index < -0.39 is 11.6 Å². The van der Waals surface area contributed by atoms with E-state index in [4.69, 9.17) is 9.47 Å². The van der Waals surface area contributed by atoms with E-state index in [0.29, 0.717) is 36.7 Å². The zero-order chi connectivity index (χ0) is 30.2. The van der Waals surface area contributed by atoms with E-state index in [0.717, 1.165) is 50.5 Å². The number of ether oxygens (including phenoxy) is 2. The van der Waals surface area contributed by atoms with Gasteiger partial charge in [0.2, 0.25) is 5.82 Å². The van der Waals surface area contributed by atoms with Crippen molar-refractivity contribution in [2.75, 3.05) is 13.2 Å². The Morgan fingerprint density at radius 3 is 2.45 bits per heavy atom. The molecule has 42 heavy (non-hydrogen) atoms. The summed E-state index contributed by atoms with van der Waals surface area (Å²) in [7, 11) is 0. The number of hydrogen-bond acceptors (Lipinski definition) is 2. The van der Waals surface area contributed by atoms with Gasteiger partial charge < -0.3 is 9.47 Å². The number of halogens is 3. The van der Waals surface area contributed by atoms with E-state index in [1.807, 2.05) is 12.1 Å². The van der Waals surface area contributed by atoms with Crippen LogP contribution in [-0.2, 0) is 11.2 Å². The molecule has 0 spiro atoms. The third-order valence-corrected chi connectivity index (χ3v) is 7.89. The molecule has 2 aromatic rings. The molecule has 1 aliphatic rings. The average molecular weight is 581 g/mol. The molecule has 0 saturated carbocycles. The lowest BCUT2D eigenvalue weighted by Gasteiger charge is -2.29. The predicted octanol–water partition coefficient (Wildman–Crippen LogP) is 11.0. The van der Waals surface area contributed by atoms with E-state index in [1.165, 1.54) is 43.9 Å². The van der Waals surface area contributed by atoms with Gasteiger partial charge in [-0.3, -0.25) is 0 Å². The second-order valence-corrected chi connectivity index (χ2v) is 11.2. The molecule has 0 aliphatic carbocycles. The molecule has 228 valence electrons. The Morgan fingerprint density at radius 1 is 0.976 bits per heavy atom. The molecule has 3 rings (SSSR count). The molecule has 2 aromatic carbocycles. The van der Waals surface area contributed by atoms with Crippen molar-refractivity contribution < 1.29 is 22.6 Å². The van der Waals surface area contributed by atoms with Gasteiger partial charge in [-0.1, -0.05) is 94.5 Å². The summed E-state index contributed by atoms with van der Waals surface area (Å²) in [5.41, 5.74) is 1.91. The fourth-order valence-corrected chi connectivity index (χ4v) is 5.36. The monoisotopic (exact) mass is 580 g/mol. The zero-order valence-electron chi connectivity index (χ0n) is 25.2. The Bertz CT molecular complexity index is 1190. The maximum Gasteiger partial charge on any atom is 0.201 e. The maximum absolute atomic E-state index is 15.1. The molecule has 2 nitrogen and oxygen atoms in total. The first-order valence-corrected chi connectivity index (χ1v) is 15.6. The highest BCUT2D eigenvalue weighted by molar-refractivity contribution is 5.76. The smallest absolute Gasteiger partial charge is 0.201 e. The third-order valence-electron chi connectivity index (χ3n) is 7.89. The van der Waals surface area contributed by atoms with Crippen molar-refractivity contribution in [2.24, 2.45) is 5.92 Å². The van der Waals surface area contributed by atoms with Crippen molar-refractivity contribution in [2.45, 2.75) is 90.1 Å². The maximum atomic E-state index is 15.1. The van der Waals surface area contributed by atoms with Gasteiger partial charge in [-0.2, -0.15) is 4.39 Å². The second kappa shape index (κ2) is 18.5. The van der Waals surface area contributed by atoms with Crippen LogP contribution in [0.3, 0.4) is 0 Å². The van der Waals surface area contributed by atoms with Crippen molar-refractivity contribution >= 4 is 5.57 Å². The van der Waals surface area contributed by atoms with Crippen LogP contribution in [0.2, 0.25) is 0 Å². The molecule has 1 aliphatic heterocycles. The second-order valence-electron chi connectivity index (χ2n) is 11.2. The average Bonchev–Trinajstić information content (AvgIpc) is 3.00. The van der Waals surface area contributed by atoms with Crippen molar-refractivity contribution in [3.8, 4) is 5.75 Å². The van der Waals surface area contributed by atoms with Gasteiger partial charge in [-0.15, -0.1) is 6.58 Å². The molecule has 1 fully saturated rings. The summed E-state index contributed by atoms with van der Waals surface area (Å²) in [5.74, 6) is -1.83. The van der Waals surface area contributed by atoms with Crippen LogP contribution in [0.25, 0.3) is 5.57 Å². The van der Waals surface area contributed by atoms with Crippen LogP contribution in [0.5, 0.6) is 5.75 Å². The molecule has 0 radical (unpaired) electrons. The summed E-state index contributed by atoms with van der Waals surface area (Å²) in [5, 5.41) is 0. The minimum Gasteiger partial charge on any atom is -0.490 e. The van der Waals surface area contributed by atoms with Crippen molar-refractivity contribution in [3.63, 3.8) is 0 Å². The number of unbranched alkanes of at least 4 members (excludes halogenated alkanes) is 6. The molecule has 2 unspecified atom stereocenters. The quantitative estimate of drug-likeness (QED) is 0.0992. The SMILES string of the molecule is C=C/C=C(\C=C/Cc1ccc(C2CCC(CCC=C)CO2)cc1F)c1ccc(OCCCCCCCCC)c(F)c1F. The Labute approximate surface area is 251 Å². The Morgan fingerprint density at radius 2 is 1.76 bits per heavy atom. The lowest BCUT2D eigenvalue weighted by atomic mass is 9.91. The Balaban J connectivity index is 1.56. The molecule has 5 heteroatoms. The minimum absolute atomic E-state index is 0.0828. The first-order valence-electron chi connectivity index (χ1n) is 15.6. The standard InChI is InChI=1S/C37H47F3O2/c1-4-7-9-10-11-12-13-25-41-35-24-22-32(36(39)37(35)40)29(15-6-3)17-14-18-30-20-21-31(26-33(30)38)34-23-19-28(27-42-34)16-8-5-2/h5-6,14-15,17,20-22,24,26,28,34H,2-4,7-13,16,18-19,23,25,27H2,1H3/b17-14-,29-15+. The molecular formula is C37H47F3O2. The van der Waals surface area contributed by atoms with Gasteiger partial charge in [0.05, 0.1) is 19.3 Å².